The largest absolute Gasteiger partial charge is 0.455 e. The molecule has 3 heteroatoms. The Morgan fingerprint density at radius 2 is 1.73 bits per heavy atom. The number of rotatable bonds is 3. The van der Waals surface area contributed by atoms with Crippen molar-refractivity contribution in [2.45, 2.75) is 57.8 Å². The number of hydrogen-bond donors (Lipinski definition) is 0. The molecular formula is C30H28FNO. The molecule has 0 aliphatic heterocycles. The summed E-state index contributed by atoms with van der Waals surface area (Å²) >= 11 is 0. The minimum atomic E-state index is -0.107. The molecule has 1 fully saturated rings. The van der Waals surface area contributed by atoms with Crippen molar-refractivity contribution in [3.05, 3.63) is 77.7 Å². The van der Waals surface area contributed by atoms with E-state index in [9.17, 15) is 0 Å². The summed E-state index contributed by atoms with van der Waals surface area (Å²) in [6.45, 7) is 4.39. The molecule has 0 spiro atoms. The molecule has 0 unspecified atom stereocenters. The number of hydrogen-bond acceptors (Lipinski definition) is 2. The quantitative estimate of drug-likeness (QED) is 0.281. The van der Waals surface area contributed by atoms with E-state index in [1.807, 2.05) is 30.5 Å². The monoisotopic (exact) mass is 437 g/mol. The van der Waals surface area contributed by atoms with Crippen molar-refractivity contribution in [2.24, 2.45) is 0 Å². The molecule has 0 atom stereocenters. The van der Waals surface area contributed by atoms with Crippen LogP contribution in [0.15, 0.2) is 65.2 Å². The van der Waals surface area contributed by atoms with E-state index in [2.05, 4.69) is 38.1 Å². The molecule has 6 rings (SSSR count). The summed E-state index contributed by atoms with van der Waals surface area (Å²) in [5, 5.41) is 4.07. The van der Waals surface area contributed by atoms with Gasteiger partial charge in [0.05, 0.1) is 5.69 Å². The SMILES string of the molecule is CC(C)c1cc(-c2nccc3cc(C4CCCCC4)c(F)cc23)c2oc3ccccc3c2c1. The van der Waals surface area contributed by atoms with Crippen LogP contribution in [-0.2, 0) is 0 Å². The van der Waals surface area contributed by atoms with Crippen LogP contribution in [0.1, 0.15) is 68.9 Å². The van der Waals surface area contributed by atoms with Gasteiger partial charge in [-0.25, -0.2) is 4.39 Å². The lowest BCUT2D eigenvalue weighted by Crippen LogP contribution is -2.06. The average Bonchev–Trinajstić information content (AvgIpc) is 3.22. The highest BCUT2D eigenvalue weighted by Gasteiger charge is 2.22. The van der Waals surface area contributed by atoms with Crippen LogP contribution in [0.5, 0.6) is 0 Å². The second-order valence-electron chi connectivity index (χ2n) is 9.79. The van der Waals surface area contributed by atoms with Crippen LogP contribution >= 0.6 is 0 Å². The Morgan fingerprint density at radius 3 is 2.55 bits per heavy atom. The van der Waals surface area contributed by atoms with E-state index >= 15 is 4.39 Å². The molecule has 1 aliphatic rings. The number of benzene rings is 3. The van der Waals surface area contributed by atoms with Crippen molar-refractivity contribution >= 4 is 32.7 Å². The van der Waals surface area contributed by atoms with Crippen LogP contribution in [0, 0.1) is 5.82 Å². The number of pyridine rings is 1. The Morgan fingerprint density at radius 1 is 0.909 bits per heavy atom. The molecule has 0 bridgehead atoms. The first-order valence-electron chi connectivity index (χ1n) is 12.1. The topological polar surface area (TPSA) is 26.0 Å². The Kier molecular flexibility index (Phi) is 4.94. The Labute approximate surface area is 193 Å². The molecule has 3 aromatic carbocycles. The van der Waals surface area contributed by atoms with Crippen LogP contribution < -0.4 is 0 Å². The molecule has 2 aromatic heterocycles. The smallest absolute Gasteiger partial charge is 0.144 e. The van der Waals surface area contributed by atoms with Crippen LogP contribution in [0.2, 0.25) is 0 Å². The van der Waals surface area contributed by atoms with Gasteiger partial charge < -0.3 is 4.42 Å². The Hall–Kier alpha value is -3.20. The van der Waals surface area contributed by atoms with E-state index in [0.29, 0.717) is 11.8 Å². The maximum absolute atomic E-state index is 15.4. The lowest BCUT2D eigenvalue weighted by molar-refractivity contribution is 0.430. The fourth-order valence-electron chi connectivity index (χ4n) is 5.51. The summed E-state index contributed by atoms with van der Waals surface area (Å²) in [6, 6.07) is 18.3. The second-order valence-corrected chi connectivity index (χ2v) is 9.79. The zero-order valence-corrected chi connectivity index (χ0v) is 19.2. The molecular weight excluding hydrogens is 409 g/mol. The number of aromatic nitrogens is 1. The standard InChI is InChI=1S/C30H28FNO/c1-18(2)21-15-25-22-10-6-7-11-28(22)33-30(25)26(16-21)29-24-17-27(31)23(14-20(24)12-13-32-29)19-8-4-3-5-9-19/h6-7,10-19H,3-5,8-9H2,1-2H3. The third kappa shape index (κ3) is 3.42. The van der Waals surface area contributed by atoms with Gasteiger partial charge in [0.1, 0.15) is 17.0 Å². The molecule has 0 N–H and O–H groups in total. The van der Waals surface area contributed by atoms with E-state index in [1.54, 1.807) is 6.07 Å². The maximum Gasteiger partial charge on any atom is 0.144 e. The van der Waals surface area contributed by atoms with Crippen molar-refractivity contribution in [2.75, 3.05) is 0 Å². The van der Waals surface area contributed by atoms with Gasteiger partial charge in [0, 0.05) is 27.9 Å². The van der Waals surface area contributed by atoms with Crippen LogP contribution in [0.4, 0.5) is 4.39 Å². The van der Waals surface area contributed by atoms with Crippen LogP contribution in [0.3, 0.4) is 0 Å². The number of halogens is 1. The van der Waals surface area contributed by atoms with Crippen molar-refractivity contribution in [3.8, 4) is 11.3 Å². The molecule has 2 heterocycles. The molecule has 5 aromatic rings. The van der Waals surface area contributed by atoms with E-state index in [0.717, 1.165) is 62.4 Å². The molecule has 1 saturated carbocycles. The van der Waals surface area contributed by atoms with Gasteiger partial charge in [-0.2, -0.15) is 0 Å². The van der Waals surface area contributed by atoms with Gasteiger partial charge in [-0.3, -0.25) is 4.98 Å². The Balaban J connectivity index is 1.61. The molecule has 0 amide bonds. The van der Waals surface area contributed by atoms with E-state index < -0.39 is 0 Å². The van der Waals surface area contributed by atoms with Gasteiger partial charge in [-0.1, -0.05) is 51.3 Å². The highest BCUT2D eigenvalue weighted by molar-refractivity contribution is 6.11. The highest BCUT2D eigenvalue weighted by Crippen LogP contribution is 2.41. The van der Waals surface area contributed by atoms with Crippen molar-refractivity contribution in [1.82, 2.24) is 4.98 Å². The van der Waals surface area contributed by atoms with Crippen LogP contribution in [-0.4, -0.2) is 4.98 Å². The van der Waals surface area contributed by atoms with Gasteiger partial charge in [0.2, 0.25) is 0 Å². The molecule has 0 radical (unpaired) electrons. The second kappa shape index (κ2) is 7.98. The van der Waals surface area contributed by atoms with Gasteiger partial charge in [-0.15, -0.1) is 0 Å². The molecule has 0 saturated heterocycles. The summed E-state index contributed by atoms with van der Waals surface area (Å²) in [5.74, 6) is 0.571. The summed E-state index contributed by atoms with van der Waals surface area (Å²) in [5.41, 5.74) is 5.49. The van der Waals surface area contributed by atoms with Gasteiger partial charge >= 0.3 is 0 Å². The van der Waals surface area contributed by atoms with E-state index in [4.69, 9.17) is 9.40 Å². The highest BCUT2D eigenvalue weighted by atomic mass is 19.1. The molecule has 1 aliphatic carbocycles. The average molecular weight is 438 g/mol. The summed E-state index contributed by atoms with van der Waals surface area (Å²) in [7, 11) is 0. The first-order chi connectivity index (χ1) is 16.1. The first-order valence-corrected chi connectivity index (χ1v) is 12.1. The third-order valence-electron chi connectivity index (χ3n) is 7.35. The lowest BCUT2D eigenvalue weighted by atomic mass is 9.83. The van der Waals surface area contributed by atoms with Gasteiger partial charge in [0.15, 0.2) is 0 Å². The number of nitrogens with zero attached hydrogens (tertiary/aromatic N) is 1. The zero-order valence-electron chi connectivity index (χ0n) is 19.2. The van der Waals surface area contributed by atoms with Gasteiger partial charge in [-0.05, 0) is 77.6 Å². The maximum atomic E-state index is 15.4. The first kappa shape index (κ1) is 20.4. The third-order valence-corrected chi connectivity index (χ3v) is 7.35. The van der Waals surface area contributed by atoms with Crippen molar-refractivity contribution in [1.29, 1.82) is 0 Å². The van der Waals surface area contributed by atoms with Crippen LogP contribution in [0.25, 0.3) is 44.0 Å². The number of para-hydroxylation sites is 1. The normalized spacial score (nSPS) is 15.3. The van der Waals surface area contributed by atoms with Gasteiger partial charge in [0.25, 0.3) is 0 Å². The predicted molar refractivity (Wildman–Crippen MR) is 134 cm³/mol. The Bertz CT molecular complexity index is 1490. The summed E-state index contributed by atoms with van der Waals surface area (Å²) in [4.78, 5) is 4.75. The van der Waals surface area contributed by atoms with E-state index in [-0.39, 0.29) is 5.82 Å². The summed E-state index contributed by atoms with van der Waals surface area (Å²) < 4.78 is 21.8. The minimum absolute atomic E-state index is 0.107. The van der Waals surface area contributed by atoms with E-state index in [1.165, 1.54) is 24.8 Å². The predicted octanol–water partition coefficient (Wildman–Crippen LogP) is 9.11. The van der Waals surface area contributed by atoms with Crippen molar-refractivity contribution < 1.29 is 8.81 Å². The molecule has 2 nitrogen and oxygen atoms in total. The fraction of sp³-hybridized carbons (Fsp3) is 0.300. The summed E-state index contributed by atoms with van der Waals surface area (Å²) in [6.07, 6.45) is 7.65. The fourth-order valence-corrected chi connectivity index (χ4v) is 5.51. The minimum Gasteiger partial charge on any atom is -0.455 e. The molecule has 166 valence electrons. The van der Waals surface area contributed by atoms with Crippen molar-refractivity contribution in [3.63, 3.8) is 0 Å². The number of furan rings is 1. The molecule has 33 heavy (non-hydrogen) atoms. The number of fused-ring (bicyclic) bond motifs is 4. The zero-order chi connectivity index (χ0) is 22.5. The lowest BCUT2D eigenvalue weighted by Gasteiger charge is -2.23.